The molecular weight excluding hydrogens is 608 g/mol. The van der Waals surface area contributed by atoms with Gasteiger partial charge in [-0.15, -0.1) is 0 Å². The normalized spacial score (nSPS) is 34.6. The third-order valence-electron chi connectivity index (χ3n) is 10.7. The summed E-state index contributed by atoms with van der Waals surface area (Å²) in [5.41, 5.74) is 2.91. The van der Waals surface area contributed by atoms with E-state index in [9.17, 15) is 13.2 Å². The van der Waals surface area contributed by atoms with Crippen LogP contribution in [0.2, 0.25) is 5.02 Å². The standard InChI is InChI=1S/C35H47ClN2O4S.CH4O/c1-24-5-3-6-26-10-11-29(26)21-38(2)22-35(18-4-7-28-20-30(36)14-17-32(28)35)23-42-31-15-12-27(13-16-31)34(39)37-43(40,41)33(24)19-25-8-9-25;1-2/h3,6,12-15,17,20,24-26,29,31,33H,4-5,7-11,16,18-19,21-23H2,1-2H3,(H,37,39);2H,1H3/b6-3-;/t24?,26?,29?,31?,33?,35-;/m0./s1. The first-order chi connectivity index (χ1) is 21.6. The summed E-state index contributed by atoms with van der Waals surface area (Å²) in [7, 11) is -0.564. The maximum Gasteiger partial charge on any atom is 0.264 e. The highest BCUT2D eigenvalue weighted by atomic mass is 35.5. The molecular formula is C36H51ClN2O5S. The summed E-state index contributed by atoms with van der Waals surface area (Å²) >= 11 is 6.42. The van der Waals surface area contributed by atoms with Crippen molar-refractivity contribution in [1.29, 1.82) is 0 Å². The van der Waals surface area contributed by atoms with E-state index in [-0.39, 0.29) is 17.4 Å². The molecule has 2 fully saturated rings. The Balaban J connectivity index is 0.00000196. The van der Waals surface area contributed by atoms with Crippen LogP contribution in [0.1, 0.15) is 75.8 Å². The van der Waals surface area contributed by atoms with E-state index in [4.69, 9.17) is 21.4 Å². The number of halogens is 1. The number of allylic oxidation sites excluding steroid dienone is 2. The highest BCUT2D eigenvalue weighted by Gasteiger charge is 2.41. The minimum atomic E-state index is -3.81. The highest BCUT2D eigenvalue weighted by molar-refractivity contribution is 7.90. The van der Waals surface area contributed by atoms with Crippen molar-refractivity contribution in [3.8, 4) is 0 Å². The van der Waals surface area contributed by atoms with Crippen molar-refractivity contribution < 1.29 is 23.1 Å². The molecule has 2 aliphatic heterocycles. The van der Waals surface area contributed by atoms with Gasteiger partial charge in [0.2, 0.25) is 10.0 Å². The first-order valence-corrected chi connectivity index (χ1v) is 18.7. The summed E-state index contributed by atoms with van der Waals surface area (Å²) in [6.07, 6.45) is 19.4. The van der Waals surface area contributed by atoms with Crippen LogP contribution in [0.5, 0.6) is 0 Å². The number of amides is 1. The zero-order valence-corrected chi connectivity index (χ0v) is 28.7. The molecule has 5 unspecified atom stereocenters. The van der Waals surface area contributed by atoms with Gasteiger partial charge in [0.1, 0.15) is 0 Å². The van der Waals surface area contributed by atoms with Gasteiger partial charge in [0, 0.05) is 36.2 Å². The van der Waals surface area contributed by atoms with Gasteiger partial charge in [-0.2, -0.15) is 0 Å². The van der Waals surface area contributed by atoms with Crippen LogP contribution >= 0.6 is 11.6 Å². The van der Waals surface area contributed by atoms with Crippen LogP contribution in [0.25, 0.3) is 0 Å². The van der Waals surface area contributed by atoms with Crippen molar-refractivity contribution in [2.45, 2.75) is 87.9 Å². The van der Waals surface area contributed by atoms with Crippen molar-refractivity contribution in [2.75, 3.05) is 33.9 Å². The first-order valence-electron chi connectivity index (χ1n) is 16.8. The quantitative estimate of drug-likeness (QED) is 0.381. The van der Waals surface area contributed by atoms with Crippen LogP contribution in [-0.2, 0) is 31.4 Å². The topological polar surface area (TPSA) is 95.9 Å². The summed E-state index contributed by atoms with van der Waals surface area (Å²) in [5.74, 6) is 0.964. The lowest BCUT2D eigenvalue weighted by molar-refractivity contribution is -0.115. The molecule has 1 spiro atoms. The average molecular weight is 659 g/mol. The van der Waals surface area contributed by atoms with Gasteiger partial charge in [0.25, 0.3) is 5.91 Å². The van der Waals surface area contributed by atoms with Crippen LogP contribution in [0, 0.1) is 23.7 Å². The molecule has 0 saturated heterocycles. The van der Waals surface area contributed by atoms with Crippen LogP contribution in [0.4, 0.5) is 0 Å². The number of benzene rings is 1. The van der Waals surface area contributed by atoms with Crippen molar-refractivity contribution >= 4 is 27.5 Å². The Bertz CT molecular complexity index is 1400. The number of hydrogen-bond acceptors (Lipinski definition) is 6. The van der Waals surface area contributed by atoms with Gasteiger partial charge >= 0.3 is 0 Å². The van der Waals surface area contributed by atoms with Crippen molar-refractivity contribution in [3.63, 3.8) is 0 Å². The lowest BCUT2D eigenvalue weighted by Gasteiger charge is -2.44. The van der Waals surface area contributed by atoms with E-state index in [1.807, 2.05) is 25.1 Å². The molecule has 4 aliphatic carbocycles. The van der Waals surface area contributed by atoms with E-state index in [0.717, 1.165) is 57.3 Å². The molecule has 45 heavy (non-hydrogen) atoms. The summed E-state index contributed by atoms with van der Waals surface area (Å²) < 4.78 is 36.1. The number of ether oxygens (including phenoxy) is 1. The van der Waals surface area contributed by atoms with Crippen LogP contribution in [0.3, 0.4) is 0 Å². The molecule has 2 N–H and O–H groups in total. The molecule has 1 aromatic carbocycles. The average Bonchev–Trinajstić information content (AvgIpc) is 3.84. The molecule has 6 atom stereocenters. The van der Waals surface area contributed by atoms with Crippen LogP contribution in [0.15, 0.2) is 54.2 Å². The number of carbonyl (C=O) groups is 1. The Morgan fingerprint density at radius 1 is 1.13 bits per heavy atom. The van der Waals surface area contributed by atoms with Gasteiger partial charge in [-0.05, 0) is 105 Å². The molecule has 0 aromatic heterocycles. The Morgan fingerprint density at radius 3 is 2.62 bits per heavy atom. The number of aliphatic hydroxyl groups excluding tert-OH is 1. The van der Waals surface area contributed by atoms with Gasteiger partial charge < -0.3 is 14.7 Å². The SMILES string of the molecule is CC1C/C=C\C2CCC2CN(C)C[C@@]2(CCCc3cc(Cl)ccc32)COC2C=CC(=CC2)C(=O)NS(=O)(=O)C1CC1CC1.CO. The number of nitrogens with one attached hydrogen (secondary N) is 1. The molecule has 2 saturated carbocycles. The van der Waals surface area contributed by atoms with Gasteiger partial charge in [-0.25, -0.2) is 13.1 Å². The largest absolute Gasteiger partial charge is 0.400 e. The third kappa shape index (κ3) is 8.31. The predicted octanol–water partition coefficient (Wildman–Crippen LogP) is 5.96. The molecule has 7 nitrogen and oxygen atoms in total. The second-order valence-electron chi connectivity index (χ2n) is 14.1. The minimum Gasteiger partial charge on any atom is -0.400 e. The van der Waals surface area contributed by atoms with Crippen molar-refractivity contribution in [3.05, 3.63) is 70.3 Å². The Hall–Kier alpha value is -1.97. The number of sulfonamides is 1. The van der Waals surface area contributed by atoms with Crippen LogP contribution in [-0.4, -0.2) is 69.5 Å². The van der Waals surface area contributed by atoms with Crippen molar-refractivity contribution in [2.24, 2.45) is 23.7 Å². The maximum absolute atomic E-state index is 13.5. The fourth-order valence-electron chi connectivity index (χ4n) is 7.84. The number of fused-ring (bicyclic) bond motifs is 11. The number of rotatable bonds is 2. The number of likely N-dealkylation sites (N-methyl/N-ethyl adjacent to an activating group) is 1. The van der Waals surface area contributed by atoms with Crippen molar-refractivity contribution in [1.82, 2.24) is 9.62 Å². The molecule has 0 radical (unpaired) electrons. The fraction of sp³-hybridized carbons (Fsp3) is 0.639. The monoisotopic (exact) mass is 658 g/mol. The minimum absolute atomic E-state index is 0.0673. The number of aliphatic hydroxyl groups is 1. The van der Waals surface area contributed by atoms with Gasteiger partial charge in [-0.3, -0.25) is 4.79 Å². The first kappa shape index (κ1) is 34.4. The molecule has 2 bridgehead atoms. The zero-order chi connectivity index (χ0) is 32.2. The lowest BCUT2D eigenvalue weighted by atomic mass is 9.69. The Labute approximate surface area is 275 Å². The van der Waals surface area contributed by atoms with E-state index in [2.05, 4.69) is 41.0 Å². The fourth-order valence-corrected chi connectivity index (χ4v) is 9.82. The lowest BCUT2D eigenvalue weighted by Crippen LogP contribution is -2.48. The number of aryl methyl sites for hydroxylation is 1. The van der Waals surface area contributed by atoms with Gasteiger partial charge in [0.05, 0.1) is 18.0 Å². The molecule has 1 aromatic rings. The van der Waals surface area contributed by atoms with Gasteiger partial charge in [-0.1, -0.05) is 67.8 Å². The van der Waals surface area contributed by atoms with E-state index in [1.165, 1.54) is 24.0 Å². The van der Waals surface area contributed by atoms with E-state index in [0.29, 0.717) is 49.2 Å². The Kier molecular flexibility index (Phi) is 11.3. The molecule has 1 amide bonds. The second-order valence-corrected chi connectivity index (χ2v) is 16.4. The van der Waals surface area contributed by atoms with E-state index >= 15 is 0 Å². The molecule has 7 rings (SSSR count). The summed E-state index contributed by atoms with van der Waals surface area (Å²) in [4.78, 5) is 15.7. The molecule has 248 valence electrons. The molecule has 9 heteroatoms. The summed E-state index contributed by atoms with van der Waals surface area (Å²) in [6.45, 7) is 4.57. The highest BCUT2D eigenvalue weighted by Crippen LogP contribution is 2.42. The zero-order valence-electron chi connectivity index (χ0n) is 27.1. The number of nitrogens with zero attached hydrogens (tertiary/aromatic N) is 1. The van der Waals surface area contributed by atoms with Gasteiger partial charge in [0.15, 0.2) is 0 Å². The van der Waals surface area contributed by atoms with Crippen LogP contribution < -0.4 is 4.72 Å². The smallest absolute Gasteiger partial charge is 0.264 e. The number of carbonyl (C=O) groups excluding carboxylic acids is 1. The predicted molar refractivity (Wildman–Crippen MR) is 181 cm³/mol. The maximum atomic E-state index is 13.5. The van der Waals surface area contributed by atoms with E-state index < -0.39 is 21.2 Å². The molecule has 6 aliphatic rings. The molecule has 2 heterocycles. The Morgan fingerprint density at radius 2 is 1.93 bits per heavy atom. The van der Waals surface area contributed by atoms with E-state index in [1.54, 1.807) is 6.08 Å². The summed E-state index contributed by atoms with van der Waals surface area (Å²) in [5, 5.41) is 7.21. The second kappa shape index (κ2) is 14.8. The summed E-state index contributed by atoms with van der Waals surface area (Å²) in [6, 6.07) is 6.34. The number of hydrogen-bond donors (Lipinski definition) is 2. The third-order valence-corrected chi connectivity index (χ3v) is 12.8.